The summed E-state index contributed by atoms with van der Waals surface area (Å²) in [7, 11) is 1.57. The van der Waals surface area contributed by atoms with E-state index in [1.54, 1.807) is 19.2 Å². The maximum atomic E-state index is 12.9. The van der Waals surface area contributed by atoms with Gasteiger partial charge in [0.1, 0.15) is 5.75 Å². The highest BCUT2D eigenvalue weighted by molar-refractivity contribution is 6.08. The van der Waals surface area contributed by atoms with Gasteiger partial charge < -0.3 is 15.4 Å². The first kappa shape index (κ1) is 19.4. The second kappa shape index (κ2) is 8.99. The second-order valence-electron chi connectivity index (χ2n) is 6.34. The van der Waals surface area contributed by atoms with Crippen LogP contribution in [-0.4, -0.2) is 37.0 Å². The van der Waals surface area contributed by atoms with Crippen LogP contribution in [0.25, 0.3) is 22.2 Å². The van der Waals surface area contributed by atoms with Gasteiger partial charge in [-0.1, -0.05) is 37.3 Å². The quantitative estimate of drug-likeness (QED) is 0.663. The van der Waals surface area contributed by atoms with Gasteiger partial charge in [0.25, 0.3) is 5.91 Å². The Morgan fingerprint density at radius 1 is 1.04 bits per heavy atom. The lowest BCUT2D eigenvalue weighted by Crippen LogP contribution is -2.37. The van der Waals surface area contributed by atoms with Crippen LogP contribution in [-0.2, 0) is 4.79 Å². The topological polar surface area (TPSA) is 80.3 Å². The summed E-state index contributed by atoms with van der Waals surface area (Å²) in [6.07, 6.45) is 0.842. The van der Waals surface area contributed by atoms with Gasteiger partial charge in [-0.2, -0.15) is 0 Å². The number of ether oxygens (including phenoxy) is 1. The minimum Gasteiger partial charge on any atom is -0.497 e. The Morgan fingerprint density at radius 3 is 2.54 bits per heavy atom. The molecule has 0 radical (unpaired) electrons. The molecule has 2 N–H and O–H groups in total. The number of benzene rings is 2. The lowest BCUT2D eigenvalue weighted by molar-refractivity contribution is -0.120. The van der Waals surface area contributed by atoms with Gasteiger partial charge in [0.05, 0.1) is 30.4 Å². The standard InChI is InChI=1S/C22H23N3O3/c1-3-11-23-21(26)14-24-22(27)18-13-20(15-7-5-4-6-8-15)25-19-10-9-16(28-2)12-17(18)19/h4-10,12-13H,3,11,14H2,1-2H3,(H,23,26)(H,24,27). The number of nitrogens with one attached hydrogen (secondary N) is 2. The van der Waals surface area contributed by atoms with E-state index in [4.69, 9.17) is 4.74 Å². The highest BCUT2D eigenvalue weighted by Crippen LogP contribution is 2.27. The molecule has 2 aromatic carbocycles. The van der Waals surface area contributed by atoms with Gasteiger partial charge in [-0.05, 0) is 30.7 Å². The van der Waals surface area contributed by atoms with Crippen molar-refractivity contribution >= 4 is 22.7 Å². The normalized spacial score (nSPS) is 10.5. The van der Waals surface area contributed by atoms with Crippen LogP contribution < -0.4 is 15.4 Å². The Balaban J connectivity index is 1.97. The Hall–Kier alpha value is -3.41. The molecular formula is C22H23N3O3. The van der Waals surface area contributed by atoms with Crippen molar-refractivity contribution in [1.82, 2.24) is 15.6 Å². The van der Waals surface area contributed by atoms with Crippen molar-refractivity contribution in [2.75, 3.05) is 20.2 Å². The molecule has 0 aliphatic heterocycles. The molecule has 1 aromatic heterocycles. The SMILES string of the molecule is CCCNC(=O)CNC(=O)c1cc(-c2ccccc2)nc2ccc(OC)cc12. The average Bonchev–Trinajstić information content (AvgIpc) is 2.75. The van der Waals surface area contributed by atoms with E-state index < -0.39 is 0 Å². The van der Waals surface area contributed by atoms with E-state index in [1.807, 2.05) is 49.4 Å². The number of fused-ring (bicyclic) bond motifs is 1. The maximum Gasteiger partial charge on any atom is 0.252 e. The van der Waals surface area contributed by atoms with Gasteiger partial charge in [0, 0.05) is 17.5 Å². The molecule has 0 saturated heterocycles. The minimum atomic E-state index is -0.329. The third-order valence-corrected chi connectivity index (χ3v) is 4.31. The molecule has 0 aliphatic carbocycles. The van der Waals surface area contributed by atoms with Gasteiger partial charge in [0.2, 0.25) is 5.91 Å². The fourth-order valence-corrected chi connectivity index (χ4v) is 2.86. The molecule has 0 spiro atoms. The van der Waals surface area contributed by atoms with Crippen molar-refractivity contribution in [2.24, 2.45) is 0 Å². The lowest BCUT2D eigenvalue weighted by atomic mass is 10.0. The molecule has 144 valence electrons. The summed E-state index contributed by atoms with van der Waals surface area (Å²) in [4.78, 5) is 29.4. The summed E-state index contributed by atoms with van der Waals surface area (Å²) in [5.41, 5.74) is 2.74. The number of hydrogen-bond acceptors (Lipinski definition) is 4. The van der Waals surface area contributed by atoms with Crippen LogP contribution in [0.15, 0.2) is 54.6 Å². The molecular weight excluding hydrogens is 354 g/mol. The predicted molar refractivity (Wildman–Crippen MR) is 109 cm³/mol. The van der Waals surface area contributed by atoms with Gasteiger partial charge >= 0.3 is 0 Å². The Bertz CT molecular complexity index is 987. The van der Waals surface area contributed by atoms with Crippen molar-refractivity contribution < 1.29 is 14.3 Å². The minimum absolute atomic E-state index is 0.0761. The molecule has 2 amide bonds. The molecule has 28 heavy (non-hydrogen) atoms. The lowest BCUT2D eigenvalue weighted by Gasteiger charge is -2.12. The Morgan fingerprint density at radius 2 is 1.82 bits per heavy atom. The van der Waals surface area contributed by atoms with Crippen molar-refractivity contribution in [1.29, 1.82) is 0 Å². The Labute approximate surface area is 163 Å². The van der Waals surface area contributed by atoms with E-state index in [9.17, 15) is 9.59 Å². The number of methoxy groups -OCH3 is 1. The van der Waals surface area contributed by atoms with E-state index in [2.05, 4.69) is 15.6 Å². The van der Waals surface area contributed by atoms with E-state index in [0.717, 1.165) is 12.0 Å². The largest absolute Gasteiger partial charge is 0.497 e. The monoisotopic (exact) mass is 377 g/mol. The first-order valence-corrected chi connectivity index (χ1v) is 9.21. The number of amides is 2. The summed E-state index contributed by atoms with van der Waals surface area (Å²) in [6, 6.07) is 16.8. The zero-order valence-corrected chi connectivity index (χ0v) is 16.0. The molecule has 3 rings (SSSR count). The number of nitrogens with zero attached hydrogens (tertiary/aromatic N) is 1. The third-order valence-electron chi connectivity index (χ3n) is 4.31. The second-order valence-corrected chi connectivity index (χ2v) is 6.34. The first-order chi connectivity index (χ1) is 13.6. The van der Waals surface area contributed by atoms with Crippen LogP contribution in [0, 0.1) is 0 Å². The van der Waals surface area contributed by atoms with Crippen LogP contribution in [0.3, 0.4) is 0 Å². The maximum absolute atomic E-state index is 12.9. The number of pyridine rings is 1. The van der Waals surface area contributed by atoms with Crippen LogP contribution in [0.5, 0.6) is 5.75 Å². The summed E-state index contributed by atoms with van der Waals surface area (Å²) in [5.74, 6) is 0.0930. The number of carbonyl (C=O) groups is 2. The molecule has 0 atom stereocenters. The highest BCUT2D eigenvalue weighted by atomic mass is 16.5. The van der Waals surface area contributed by atoms with E-state index in [-0.39, 0.29) is 18.4 Å². The van der Waals surface area contributed by atoms with Crippen molar-refractivity contribution in [3.8, 4) is 17.0 Å². The number of hydrogen-bond donors (Lipinski definition) is 2. The molecule has 0 bridgehead atoms. The average molecular weight is 377 g/mol. The van der Waals surface area contributed by atoms with Crippen LogP contribution in [0.4, 0.5) is 0 Å². The summed E-state index contributed by atoms with van der Waals surface area (Å²) < 4.78 is 5.29. The molecule has 1 heterocycles. The van der Waals surface area contributed by atoms with E-state index in [1.165, 1.54) is 0 Å². The third kappa shape index (κ3) is 4.46. The van der Waals surface area contributed by atoms with Gasteiger partial charge in [0.15, 0.2) is 0 Å². The van der Waals surface area contributed by atoms with Gasteiger partial charge in [-0.25, -0.2) is 4.98 Å². The summed E-state index contributed by atoms with van der Waals surface area (Å²) >= 11 is 0. The van der Waals surface area contributed by atoms with Gasteiger partial charge in [-0.3, -0.25) is 9.59 Å². The van der Waals surface area contributed by atoms with E-state index >= 15 is 0 Å². The van der Waals surface area contributed by atoms with Crippen molar-refractivity contribution in [3.05, 3.63) is 60.2 Å². The summed E-state index contributed by atoms with van der Waals surface area (Å²) in [6.45, 7) is 2.48. The van der Waals surface area contributed by atoms with Crippen LogP contribution in [0.2, 0.25) is 0 Å². The molecule has 0 fully saturated rings. The molecule has 6 nitrogen and oxygen atoms in total. The number of carbonyl (C=O) groups excluding carboxylic acids is 2. The van der Waals surface area contributed by atoms with E-state index in [0.29, 0.717) is 34.5 Å². The molecule has 3 aromatic rings. The fourth-order valence-electron chi connectivity index (χ4n) is 2.86. The Kier molecular flexibility index (Phi) is 6.22. The predicted octanol–water partition coefficient (Wildman–Crippen LogP) is 3.17. The molecule has 0 unspecified atom stereocenters. The summed E-state index contributed by atoms with van der Waals surface area (Å²) in [5, 5.41) is 6.11. The van der Waals surface area contributed by atoms with Crippen molar-refractivity contribution in [3.63, 3.8) is 0 Å². The molecule has 6 heteroatoms. The smallest absolute Gasteiger partial charge is 0.252 e. The number of aromatic nitrogens is 1. The number of rotatable bonds is 7. The molecule has 0 saturated carbocycles. The highest BCUT2D eigenvalue weighted by Gasteiger charge is 2.15. The van der Waals surface area contributed by atoms with Crippen LogP contribution in [0.1, 0.15) is 23.7 Å². The fraction of sp³-hybridized carbons (Fsp3) is 0.227. The van der Waals surface area contributed by atoms with Crippen molar-refractivity contribution in [2.45, 2.75) is 13.3 Å². The van der Waals surface area contributed by atoms with Crippen LogP contribution >= 0.6 is 0 Å². The first-order valence-electron chi connectivity index (χ1n) is 9.21. The zero-order valence-electron chi connectivity index (χ0n) is 16.0. The molecule has 0 aliphatic rings. The van der Waals surface area contributed by atoms with Gasteiger partial charge in [-0.15, -0.1) is 0 Å². The zero-order chi connectivity index (χ0) is 19.9.